The molecule has 0 saturated heterocycles. The van der Waals surface area contributed by atoms with E-state index in [2.05, 4.69) is 14.9 Å². The molecule has 0 aliphatic carbocycles. The predicted molar refractivity (Wildman–Crippen MR) is 88.2 cm³/mol. The fourth-order valence-corrected chi connectivity index (χ4v) is 7.17. The van der Waals surface area contributed by atoms with Crippen molar-refractivity contribution in [2.45, 2.75) is 23.6 Å². The Labute approximate surface area is 142 Å². The van der Waals surface area contributed by atoms with Gasteiger partial charge in [-0.15, -0.1) is 5.10 Å². The van der Waals surface area contributed by atoms with Gasteiger partial charge in [-0.05, 0) is 43.1 Å². The van der Waals surface area contributed by atoms with Gasteiger partial charge in [-0.3, -0.25) is 5.43 Å². The molecule has 3 rings (SSSR count). The molecule has 0 fully saturated rings. The topological polar surface area (TPSA) is 129 Å². The Hall–Kier alpha value is -2.29. The number of hydrogen-bond acceptors (Lipinski definition) is 9. The van der Waals surface area contributed by atoms with Gasteiger partial charge < -0.3 is 0 Å². The van der Waals surface area contributed by atoms with Gasteiger partial charge in [0.15, 0.2) is 0 Å². The molecular formula is C13H10N4O4S3. The number of nitriles is 1. The van der Waals surface area contributed by atoms with Gasteiger partial charge in [-0.1, -0.05) is 6.07 Å². The van der Waals surface area contributed by atoms with Gasteiger partial charge in [0.25, 0.3) is 4.38 Å². The highest BCUT2D eigenvalue weighted by Crippen LogP contribution is 2.35. The summed E-state index contributed by atoms with van der Waals surface area (Å²) < 4.78 is 52.9. The highest BCUT2D eigenvalue weighted by Gasteiger charge is 2.47. The van der Waals surface area contributed by atoms with Crippen molar-refractivity contribution in [2.75, 3.05) is 5.43 Å². The molecule has 1 aliphatic rings. The predicted octanol–water partition coefficient (Wildman–Crippen LogP) is 1.58. The zero-order valence-corrected chi connectivity index (χ0v) is 14.9. The third-order valence-corrected chi connectivity index (χ3v) is 8.60. The smallest absolute Gasteiger partial charge is 0.264 e. The van der Waals surface area contributed by atoms with E-state index >= 15 is 0 Å². The number of nitrogens with zero attached hydrogens (tertiary/aromatic N) is 3. The standard InChI is InChI=1S/C13H10N4O4S3/c1-7-3-4-10-11(5-7)24(20,21)13(23(10,18)19)16-15-12-9(6-14)8(2)17-22-12/h3-5,15H,1-2H3. The van der Waals surface area contributed by atoms with Crippen LogP contribution in [0.25, 0.3) is 0 Å². The minimum Gasteiger partial charge on any atom is -0.264 e. The van der Waals surface area contributed by atoms with Crippen molar-refractivity contribution < 1.29 is 16.8 Å². The highest BCUT2D eigenvalue weighted by atomic mass is 32.3. The fourth-order valence-electron chi connectivity index (χ4n) is 2.17. The second kappa shape index (κ2) is 5.37. The summed E-state index contributed by atoms with van der Waals surface area (Å²) in [5.41, 5.74) is 3.60. The molecule has 11 heteroatoms. The first-order valence-electron chi connectivity index (χ1n) is 6.50. The fraction of sp³-hybridized carbons (Fsp3) is 0.154. The number of anilines is 1. The van der Waals surface area contributed by atoms with Crippen LogP contribution in [0.4, 0.5) is 5.00 Å². The Morgan fingerprint density at radius 2 is 1.83 bits per heavy atom. The lowest BCUT2D eigenvalue weighted by molar-refractivity contribution is 0.603. The zero-order chi connectivity index (χ0) is 17.7. The summed E-state index contributed by atoms with van der Waals surface area (Å²) in [5, 5.41) is 12.8. The maximum atomic E-state index is 12.5. The van der Waals surface area contributed by atoms with Crippen LogP contribution in [0.5, 0.6) is 0 Å². The first-order chi connectivity index (χ1) is 11.2. The average Bonchev–Trinajstić information content (AvgIpc) is 2.92. The maximum absolute atomic E-state index is 12.5. The molecule has 2 aromatic rings. The number of sulfone groups is 2. The monoisotopic (exact) mass is 382 g/mol. The van der Waals surface area contributed by atoms with E-state index in [1.54, 1.807) is 13.8 Å². The normalized spacial score (nSPS) is 19.0. The SMILES string of the molecule is Cc1ccc2c(c1)S(=O)(=O)C(=NNc1snc(C)c1C#N)S2(=O)=O. The molecule has 0 saturated carbocycles. The maximum Gasteiger partial charge on any atom is 0.276 e. The van der Waals surface area contributed by atoms with Crippen LogP contribution in [0.1, 0.15) is 16.8 Å². The molecule has 0 radical (unpaired) electrons. The van der Waals surface area contributed by atoms with Crippen molar-refractivity contribution >= 4 is 40.6 Å². The number of aryl methyl sites for hydroxylation is 2. The highest BCUT2D eigenvalue weighted by molar-refractivity contribution is 8.33. The van der Waals surface area contributed by atoms with Gasteiger partial charge in [0.05, 0.1) is 15.5 Å². The number of fused-ring (bicyclic) bond motifs is 1. The number of aromatic nitrogens is 1. The number of hydrazone groups is 1. The minimum absolute atomic E-state index is 0.181. The molecule has 1 N–H and O–H groups in total. The van der Waals surface area contributed by atoms with Crippen molar-refractivity contribution in [3.63, 3.8) is 0 Å². The number of hydrogen-bond donors (Lipinski definition) is 1. The molecule has 0 bridgehead atoms. The van der Waals surface area contributed by atoms with Crippen LogP contribution in [-0.4, -0.2) is 25.6 Å². The lowest BCUT2D eigenvalue weighted by Crippen LogP contribution is -2.17. The van der Waals surface area contributed by atoms with Crippen LogP contribution in [0, 0.1) is 25.2 Å². The Morgan fingerprint density at radius 3 is 2.50 bits per heavy atom. The van der Waals surface area contributed by atoms with E-state index in [1.807, 2.05) is 6.07 Å². The molecule has 24 heavy (non-hydrogen) atoms. The summed E-state index contributed by atoms with van der Waals surface area (Å²) in [5.74, 6) is 0. The molecule has 1 aromatic heterocycles. The minimum atomic E-state index is -4.26. The van der Waals surface area contributed by atoms with Crippen molar-refractivity contribution in [3.8, 4) is 6.07 Å². The summed E-state index contributed by atoms with van der Waals surface area (Å²) in [4.78, 5) is -0.585. The largest absolute Gasteiger partial charge is 0.276 e. The van der Waals surface area contributed by atoms with E-state index in [-0.39, 0.29) is 20.4 Å². The second-order valence-electron chi connectivity index (χ2n) is 5.03. The van der Waals surface area contributed by atoms with Gasteiger partial charge >= 0.3 is 0 Å². The van der Waals surface area contributed by atoms with E-state index < -0.39 is 24.1 Å². The number of nitrogens with one attached hydrogen (secondary N) is 1. The van der Waals surface area contributed by atoms with E-state index in [0.29, 0.717) is 11.3 Å². The Morgan fingerprint density at radius 1 is 1.17 bits per heavy atom. The third kappa shape index (κ3) is 2.31. The van der Waals surface area contributed by atoms with Gasteiger partial charge in [0.1, 0.15) is 16.6 Å². The van der Waals surface area contributed by atoms with Gasteiger partial charge in [-0.2, -0.15) is 9.64 Å². The Kier molecular flexibility index (Phi) is 3.71. The molecule has 0 atom stereocenters. The molecule has 1 aromatic carbocycles. The Bertz CT molecular complexity index is 1140. The first-order valence-corrected chi connectivity index (χ1v) is 10.2. The summed E-state index contributed by atoms with van der Waals surface area (Å²) in [6, 6.07) is 5.96. The van der Waals surface area contributed by atoms with Crippen LogP contribution in [-0.2, 0) is 19.7 Å². The summed E-state index contributed by atoms with van der Waals surface area (Å²) in [6.45, 7) is 3.27. The second-order valence-corrected chi connectivity index (χ2v) is 9.73. The van der Waals surface area contributed by atoms with Crippen molar-refractivity contribution in [2.24, 2.45) is 5.10 Å². The van der Waals surface area contributed by atoms with E-state index in [1.165, 1.54) is 18.2 Å². The molecule has 8 nitrogen and oxygen atoms in total. The third-order valence-electron chi connectivity index (χ3n) is 3.36. The number of rotatable bonds is 2. The molecule has 0 amide bonds. The van der Waals surface area contributed by atoms with Crippen LogP contribution in [0.2, 0.25) is 0 Å². The molecule has 0 spiro atoms. The molecular weight excluding hydrogens is 372 g/mol. The van der Waals surface area contributed by atoms with Crippen molar-refractivity contribution in [1.29, 1.82) is 5.26 Å². The first kappa shape index (κ1) is 16.6. The lowest BCUT2D eigenvalue weighted by Gasteiger charge is -1.99. The van der Waals surface area contributed by atoms with E-state index in [9.17, 15) is 16.8 Å². The van der Waals surface area contributed by atoms with Crippen LogP contribution < -0.4 is 5.43 Å². The van der Waals surface area contributed by atoms with Crippen molar-refractivity contribution in [3.05, 3.63) is 35.0 Å². The zero-order valence-electron chi connectivity index (χ0n) is 12.4. The summed E-state index contributed by atoms with van der Waals surface area (Å²) >= 11 is 0.890. The molecule has 2 heterocycles. The number of benzene rings is 1. The van der Waals surface area contributed by atoms with Gasteiger partial charge in [0.2, 0.25) is 19.7 Å². The van der Waals surface area contributed by atoms with Crippen LogP contribution >= 0.6 is 11.5 Å². The molecule has 1 aliphatic heterocycles. The van der Waals surface area contributed by atoms with Gasteiger partial charge in [-0.25, -0.2) is 16.8 Å². The molecule has 124 valence electrons. The van der Waals surface area contributed by atoms with Crippen LogP contribution in [0.3, 0.4) is 0 Å². The quantitative estimate of drug-likeness (QED) is 0.780. The lowest BCUT2D eigenvalue weighted by atomic mass is 10.2. The summed E-state index contributed by atoms with van der Waals surface area (Å²) in [6.07, 6.45) is 0. The Balaban J connectivity index is 2.14. The molecule has 0 unspecified atom stereocenters. The van der Waals surface area contributed by atoms with Crippen molar-refractivity contribution in [1.82, 2.24) is 4.37 Å². The van der Waals surface area contributed by atoms with Crippen LogP contribution in [0.15, 0.2) is 33.1 Å². The van der Waals surface area contributed by atoms with Gasteiger partial charge in [0, 0.05) is 0 Å². The average molecular weight is 382 g/mol. The summed E-state index contributed by atoms with van der Waals surface area (Å²) in [7, 11) is -8.51. The van der Waals surface area contributed by atoms with E-state index in [0.717, 1.165) is 11.5 Å². The van der Waals surface area contributed by atoms with E-state index in [4.69, 9.17) is 5.26 Å².